The minimum Gasteiger partial charge on any atom is -0.396 e. The minimum atomic E-state index is 0.186. The first-order valence-electron chi connectivity index (χ1n) is 5.04. The summed E-state index contributed by atoms with van der Waals surface area (Å²) in [6.45, 7) is 2.94. The molecule has 1 N–H and O–H groups in total. The van der Waals surface area contributed by atoms with Gasteiger partial charge >= 0.3 is 0 Å². The lowest BCUT2D eigenvalue weighted by Crippen LogP contribution is -2.12. The zero-order valence-electron chi connectivity index (χ0n) is 8.82. The zero-order valence-corrected chi connectivity index (χ0v) is 12.6. The van der Waals surface area contributed by atoms with Crippen LogP contribution in [0.3, 0.4) is 0 Å². The van der Waals surface area contributed by atoms with Gasteiger partial charge in [-0.25, -0.2) is 0 Å². The number of aliphatic hydroxyl groups excluding tert-OH is 1. The molecule has 0 spiro atoms. The maximum absolute atomic E-state index is 9.08. The standard InChI is InChI=1S/C11H12BrIN2O/c1-7(6-16)5-15-10-4-8(12)2-3-9(10)11(13)14-15/h2-4,7,16H,5-6H2,1H3. The fourth-order valence-electron chi connectivity index (χ4n) is 1.60. The van der Waals surface area contributed by atoms with E-state index in [0.717, 1.165) is 25.6 Å². The van der Waals surface area contributed by atoms with E-state index in [-0.39, 0.29) is 12.5 Å². The van der Waals surface area contributed by atoms with Gasteiger partial charge in [0, 0.05) is 23.0 Å². The summed E-state index contributed by atoms with van der Waals surface area (Å²) >= 11 is 5.71. The Morgan fingerprint density at radius 3 is 3.00 bits per heavy atom. The third-order valence-electron chi connectivity index (χ3n) is 2.46. The van der Waals surface area contributed by atoms with Gasteiger partial charge < -0.3 is 5.11 Å². The predicted molar refractivity (Wildman–Crippen MR) is 76.4 cm³/mol. The lowest BCUT2D eigenvalue weighted by molar-refractivity contribution is 0.220. The van der Waals surface area contributed by atoms with Gasteiger partial charge in [0.15, 0.2) is 0 Å². The molecule has 0 aliphatic heterocycles. The Hall–Kier alpha value is -0.140. The van der Waals surface area contributed by atoms with Gasteiger partial charge in [0.05, 0.1) is 5.52 Å². The van der Waals surface area contributed by atoms with Crippen molar-refractivity contribution in [3.05, 3.63) is 26.4 Å². The highest BCUT2D eigenvalue weighted by molar-refractivity contribution is 14.1. The van der Waals surface area contributed by atoms with E-state index in [1.54, 1.807) is 0 Å². The van der Waals surface area contributed by atoms with Gasteiger partial charge in [-0.15, -0.1) is 0 Å². The fraction of sp³-hybridized carbons (Fsp3) is 0.364. The van der Waals surface area contributed by atoms with E-state index in [0.29, 0.717) is 0 Å². The summed E-state index contributed by atoms with van der Waals surface area (Å²) < 4.78 is 4.02. The molecule has 86 valence electrons. The largest absolute Gasteiger partial charge is 0.396 e. The second kappa shape index (κ2) is 5.01. The molecule has 0 radical (unpaired) electrons. The quantitative estimate of drug-likeness (QED) is 0.812. The average Bonchev–Trinajstić information content (AvgIpc) is 2.55. The Morgan fingerprint density at radius 1 is 1.56 bits per heavy atom. The van der Waals surface area contributed by atoms with Crippen LogP contribution in [0, 0.1) is 9.62 Å². The van der Waals surface area contributed by atoms with Crippen molar-refractivity contribution in [3.63, 3.8) is 0 Å². The van der Waals surface area contributed by atoms with Crippen molar-refractivity contribution in [3.8, 4) is 0 Å². The molecule has 0 aliphatic carbocycles. The number of benzene rings is 1. The Balaban J connectivity index is 2.48. The van der Waals surface area contributed by atoms with Crippen LogP contribution < -0.4 is 0 Å². The first kappa shape index (κ1) is 12.3. The van der Waals surface area contributed by atoms with Crippen molar-refractivity contribution in [2.45, 2.75) is 13.5 Å². The molecular weight excluding hydrogens is 383 g/mol. The predicted octanol–water partition coefficient (Wildman–Crippen LogP) is 3.03. The van der Waals surface area contributed by atoms with Crippen LogP contribution in [0.5, 0.6) is 0 Å². The molecule has 1 atom stereocenters. The molecule has 1 heterocycles. The van der Waals surface area contributed by atoms with Crippen molar-refractivity contribution in [1.29, 1.82) is 0 Å². The zero-order chi connectivity index (χ0) is 11.7. The molecule has 5 heteroatoms. The summed E-state index contributed by atoms with van der Waals surface area (Å²) in [6.07, 6.45) is 0. The summed E-state index contributed by atoms with van der Waals surface area (Å²) in [5, 5.41) is 14.7. The summed E-state index contributed by atoms with van der Waals surface area (Å²) in [7, 11) is 0. The molecule has 3 nitrogen and oxygen atoms in total. The van der Waals surface area contributed by atoms with E-state index in [4.69, 9.17) is 5.11 Å². The summed E-state index contributed by atoms with van der Waals surface area (Å²) in [6, 6.07) is 6.15. The maximum Gasteiger partial charge on any atom is 0.131 e. The summed E-state index contributed by atoms with van der Waals surface area (Å²) in [5.74, 6) is 0.220. The normalized spacial score (nSPS) is 13.2. The van der Waals surface area contributed by atoms with Gasteiger partial charge in [0.1, 0.15) is 3.70 Å². The lowest BCUT2D eigenvalue weighted by Gasteiger charge is -2.08. The summed E-state index contributed by atoms with van der Waals surface area (Å²) in [4.78, 5) is 0. The Labute approximate surface area is 116 Å². The molecule has 1 aromatic heterocycles. The van der Waals surface area contributed by atoms with Gasteiger partial charge in [0.25, 0.3) is 0 Å². The van der Waals surface area contributed by atoms with Crippen LogP contribution in [-0.4, -0.2) is 21.5 Å². The van der Waals surface area contributed by atoms with Crippen molar-refractivity contribution >= 4 is 49.4 Å². The number of rotatable bonds is 3. The second-order valence-corrected chi connectivity index (χ2v) is 5.86. The molecule has 16 heavy (non-hydrogen) atoms. The van der Waals surface area contributed by atoms with Crippen LogP contribution in [0.2, 0.25) is 0 Å². The van der Waals surface area contributed by atoms with Crippen LogP contribution in [0.4, 0.5) is 0 Å². The lowest BCUT2D eigenvalue weighted by atomic mass is 10.2. The van der Waals surface area contributed by atoms with E-state index in [9.17, 15) is 0 Å². The molecule has 1 unspecified atom stereocenters. The van der Waals surface area contributed by atoms with Crippen LogP contribution in [0.15, 0.2) is 22.7 Å². The van der Waals surface area contributed by atoms with Crippen molar-refractivity contribution < 1.29 is 5.11 Å². The van der Waals surface area contributed by atoms with E-state index >= 15 is 0 Å². The highest BCUT2D eigenvalue weighted by Gasteiger charge is 2.10. The number of aromatic nitrogens is 2. The van der Waals surface area contributed by atoms with Crippen LogP contribution in [0.1, 0.15) is 6.92 Å². The van der Waals surface area contributed by atoms with E-state index in [2.05, 4.69) is 55.8 Å². The van der Waals surface area contributed by atoms with E-state index in [1.165, 1.54) is 0 Å². The van der Waals surface area contributed by atoms with Crippen molar-refractivity contribution in [1.82, 2.24) is 9.78 Å². The van der Waals surface area contributed by atoms with Crippen molar-refractivity contribution in [2.75, 3.05) is 6.61 Å². The molecule has 0 amide bonds. The molecule has 0 fully saturated rings. The molecular formula is C11H12BrIN2O. The molecule has 2 rings (SSSR count). The SMILES string of the molecule is CC(CO)Cn1nc(I)c2ccc(Br)cc21. The number of halogens is 2. The smallest absolute Gasteiger partial charge is 0.131 e. The van der Waals surface area contributed by atoms with Crippen LogP contribution >= 0.6 is 38.5 Å². The highest BCUT2D eigenvalue weighted by Crippen LogP contribution is 2.24. The molecule has 0 saturated heterocycles. The Kier molecular flexibility index (Phi) is 3.86. The van der Waals surface area contributed by atoms with Gasteiger partial charge in [0.2, 0.25) is 0 Å². The second-order valence-electron chi connectivity index (χ2n) is 3.92. The average molecular weight is 395 g/mol. The molecule has 1 aromatic carbocycles. The molecule has 0 bridgehead atoms. The van der Waals surface area contributed by atoms with Gasteiger partial charge in [-0.1, -0.05) is 22.9 Å². The first-order chi connectivity index (χ1) is 7.61. The number of hydrogen-bond acceptors (Lipinski definition) is 2. The number of hydrogen-bond donors (Lipinski definition) is 1. The molecule has 0 aliphatic rings. The Bertz CT molecular complexity index is 512. The topological polar surface area (TPSA) is 38.0 Å². The van der Waals surface area contributed by atoms with Gasteiger partial charge in [-0.2, -0.15) is 5.10 Å². The van der Waals surface area contributed by atoms with Crippen LogP contribution in [0.25, 0.3) is 10.9 Å². The number of aliphatic hydroxyl groups is 1. The van der Waals surface area contributed by atoms with Gasteiger partial charge in [-0.3, -0.25) is 4.68 Å². The summed E-state index contributed by atoms with van der Waals surface area (Å²) in [5.41, 5.74) is 1.11. The number of nitrogens with zero attached hydrogens (tertiary/aromatic N) is 2. The Morgan fingerprint density at radius 2 is 2.31 bits per heavy atom. The number of fused-ring (bicyclic) bond motifs is 1. The third-order valence-corrected chi connectivity index (χ3v) is 3.75. The first-order valence-corrected chi connectivity index (χ1v) is 6.91. The van der Waals surface area contributed by atoms with E-state index in [1.807, 2.05) is 17.7 Å². The minimum absolute atomic E-state index is 0.186. The third kappa shape index (κ3) is 2.41. The monoisotopic (exact) mass is 394 g/mol. The fourth-order valence-corrected chi connectivity index (χ4v) is 2.66. The highest BCUT2D eigenvalue weighted by atomic mass is 127. The van der Waals surface area contributed by atoms with Crippen molar-refractivity contribution in [2.24, 2.45) is 5.92 Å². The van der Waals surface area contributed by atoms with E-state index < -0.39 is 0 Å². The maximum atomic E-state index is 9.08. The van der Waals surface area contributed by atoms with Crippen LogP contribution in [-0.2, 0) is 6.54 Å². The van der Waals surface area contributed by atoms with Gasteiger partial charge in [-0.05, 0) is 46.7 Å². The molecule has 2 aromatic rings. The molecule has 0 saturated carbocycles.